The number of carbonyl (C=O) groups excluding carboxylic acids is 2. The van der Waals surface area contributed by atoms with Crippen molar-refractivity contribution in [1.82, 2.24) is 19.9 Å². The lowest BCUT2D eigenvalue weighted by Crippen LogP contribution is -2.40. The topological polar surface area (TPSA) is 79.5 Å². The molecule has 0 aromatic carbocycles. The number of likely N-dealkylation sites (tertiary alicyclic amines) is 2. The molecular formula is C19H24N4O3S. The molecule has 2 aliphatic rings. The van der Waals surface area contributed by atoms with Crippen molar-refractivity contribution in [2.45, 2.75) is 59.0 Å². The van der Waals surface area contributed by atoms with E-state index in [1.807, 2.05) is 16.7 Å². The molecule has 8 heteroatoms. The number of fused-ring (bicyclic) bond motifs is 1. The summed E-state index contributed by atoms with van der Waals surface area (Å²) < 4.78 is 5.15. The second-order valence-electron chi connectivity index (χ2n) is 7.41. The minimum atomic E-state index is -0.0698. The molecule has 2 aromatic heterocycles. The Labute approximate surface area is 162 Å². The number of nitrogens with zero attached hydrogens (tertiary/aromatic N) is 4. The Bertz CT molecular complexity index is 864. The van der Waals surface area contributed by atoms with E-state index in [1.165, 1.54) is 4.88 Å². The number of carbonyl (C=O) groups is 2. The molecule has 2 fully saturated rings. The number of rotatable bonds is 4. The number of hydrogen-bond donors (Lipinski definition) is 0. The average molecular weight is 388 g/mol. The van der Waals surface area contributed by atoms with Gasteiger partial charge in [-0.25, -0.2) is 4.98 Å². The van der Waals surface area contributed by atoms with Crippen LogP contribution in [0.4, 0.5) is 0 Å². The second-order valence-corrected chi connectivity index (χ2v) is 8.70. The zero-order chi connectivity index (χ0) is 19.3. The third-order valence-electron chi connectivity index (χ3n) is 5.76. The molecule has 2 saturated heterocycles. The highest BCUT2D eigenvalue weighted by Gasteiger charge is 2.48. The number of thiazole rings is 1. The van der Waals surface area contributed by atoms with E-state index in [0.29, 0.717) is 36.5 Å². The molecule has 2 aromatic rings. The number of aromatic nitrogens is 2. The average Bonchev–Trinajstić information content (AvgIpc) is 3.32. The lowest BCUT2D eigenvalue weighted by Gasteiger charge is -2.25. The lowest BCUT2D eigenvalue weighted by molar-refractivity contribution is -0.129. The Kier molecular flexibility index (Phi) is 4.53. The van der Waals surface area contributed by atoms with Crippen LogP contribution in [0.5, 0.6) is 0 Å². The summed E-state index contributed by atoms with van der Waals surface area (Å²) in [5.41, 5.74) is 2.21. The lowest BCUT2D eigenvalue weighted by atomic mass is 10.1. The van der Waals surface area contributed by atoms with E-state index in [4.69, 9.17) is 4.52 Å². The predicted octanol–water partition coefficient (Wildman–Crippen LogP) is 2.42. The second kappa shape index (κ2) is 6.74. The van der Waals surface area contributed by atoms with E-state index >= 15 is 0 Å². The Hall–Kier alpha value is -2.22. The van der Waals surface area contributed by atoms with Crippen LogP contribution >= 0.6 is 11.3 Å². The fourth-order valence-corrected chi connectivity index (χ4v) is 5.19. The minimum absolute atomic E-state index is 0.0570. The number of aryl methyl sites for hydroxylation is 4. The number of hydrogen-bond acceptors (Lipinski definition) is 6. The van der Waals surface area contributed by atoms with E-state index in [-0.39, 0.29) is 23.9 Å². The maximum absolute atomic E-state index is 13.0. The molecule has 27 heavy (non-hydrogen) atoms. The Morgan fingerprint density at radius 1 is 1.22 bits per heavy atom. The van der Waals surface area contributed by atoms with Gasteiger partial charge in [0.1, 0.15) is 11.3 Å². The molecular weight excluding hydrogens is 364 g/mol. The van der Waals surface area contributed by atoms with Crippen molar-refractivity contribution in [3.05, 3.63) is 32.6 Å². The third kappa shape index (κ3) is 3.05. The zero-order valence-corrected chi connectivity index (χ0v) is 16.9. The van der Waals surface area contributed by atoms with Crippen molar-refractivity contribution in [2.24, 2.45) is 0 Å². The molecule has 0 bridgehead atoms. The normalized spacial score (nSPS) is 22.0. The van der Waals surface area contributed by atoms with E-state index in [9.17, 15) is 9.59 Å². The van der Waals surface area contributed by atoms with Crippen LogP contribution in [0.2, 0.25) is 0 Å². The van der Waals surface area contributed by atoms with Gasteiger partial charge in [0.25, 0.3) is 5.91 Å². The molecule has 4 heterocycles. The standard InChI is InChI=1S/C19H24N4O3S/c1-10-13(4)27-16(20-10)6-8-22-14-5-7-23(15(14)9-17(22)24)19(25)18-11(2)21-26-12(18)3/h14-15H,5-9H2,1-4H3/t14-,15-/m0/s1. The SMILES string of the molecule is Cc1nc(CCN2C(=O)C[C@H]3[C@@H]2CCN3C(=O)c2c(C)noc2C)sc1C. The van der Waals surface area contributed by atoms with Gasteiger partial charge >= 0.3 is 0 Å². The Morgan fingerprint density at radius 2 is 2.00 bits per heavy atom. The molecule has 0 N–H and O–H groups in total. The zero-order valence-electron chi connectivity index (χ0n) is 16.1. The summed E-state index contributed by atoms with van der Waals surface area (Å²) in [7, 11) is 0. The van der Waals surface area contributed by atoms with Crippen LogP contribution in [0.15, 0.2) is 4.52 Å². The van der Waals surface area contributed by atoms with E-state index in [1.54, 1.807) is 25.2 Å². The number of amides is 2. The largest absolute Gasteiger partial charge is 0.361 e. The monoisotopic (exact) mass is 388 g/mol. The van der Waals surface area contributed by atoms with Crippen LogP contribution in [-0.4, -0.2) is 56.9 Å². The smallest absolute Gasteiger partial charge is 0.259 e. The molecule has 2 amide bonds. The van der Waals surface area contributed by atoms with Gasteiger partial charge in [0.05, 0.1) is 28.5 Å². The fraction of sp³-hybridized carbons (Fsp3) is 0.579. The summed E-state index contributed by atoms with van der Waals surface area (Å²) >= 11 is 1.70. The van der Waals surface area contributed by atoms with Gasteiger partial charge in [-0.3, -0.25) is 9.59 Å². The Balaban J connectivity index is 1.47. The fourth-order valence-electron chi connectivity index (χ4n) is 4.26. The first-order chi connectivity index (χ1) is 12.9. The van der Waals surface area contributed by atoms with E-state index < -0.39 is 0 Å². The van der Waals surface area contributed by atoms with Gasteiger partial charge in [0, 0.05) is 30.8 Å². The molecule has 0 aliphatic carbocycles. The van der Waals surface area contributed by atoms with Crippen molar-refractivity contribution >= 4 is 23.2 Å². The highest BCUT2D eigenvalue weighted by atomic mass is 32.1. The van der Waals surface area contributed by atoms with Crippen molar-refractivity contribution in [2.75, 3.05) is 13.1 Å². The van der Waals surface area contributed by atoms with Gasteiger partial charge in [-0.2, -0.15) is 0 Å². The summed E-state index contributed by atoms with van der Waals surface area (Å²) in [5, 5.41) is 4.96. The molecule has 0 saturated carbocycles. The van der Waals surface area contributed by atoms with Crippen LogP contribution in [0.3, 0.4) is 0 Å². The van der Waals surface area contributed by atoms with Gasteiger partial charge in [0.2, 0.25) is 5.91 Å². The minimum Gasteiger partial charge on any atom is -0.361 e. The van der Waals surface area contributed by atoms with Gasteiger partial charge in [-0.15, -0.1) is 11.3 Å². The maximum atomic E-state index is 13.0. The molecule has 0 spiro atoms. The van der Waals surface area contributed by atoms with Gasteiger partial charge < -0.3 is 14.3 Å². The first-order valence-corrected chi connectivity index (χ1v) is 10.1. The summed E-state index contributed by atoms with van der Waals surface area (Å²) in [6, 6.07) is 0.0440. The van der Waals surface area contributed by atoms with Crippen molar-refractivity contribution in [3.8, 4) is 0 Å². The molecule has 7 nitrogen and oxygen atoms in total. The van der Waals surface area contributed by atoms with Crippen LogP contribution in [0, 0.1) is 27.7 Å². The van der Waals surface area contributed by atoms with Gasteiger partial charge in [0.15, 0.2) is 0 Å². The van der Waals surface area contributed by atoms with Crippen LogP contribution in [0.1, 0.15) is 50.2 Å². The molecule has 2 aliphatic heterocycles. The summed E-state index contributed by atoms with van der Waals surface area (Å²) in [5.74, 6) is 0.600. The van der Waals surface area contributed by atoms with Crippen molar-refractivity contribution in [3.63, 3.8) is 0 Å². The van der Waals surface area contributed by atoms with Gasteiger partial charge in [-0.1, -0.05) is 5.16 Å². The van der Waals surface area contributed by atoms with Crippen LogP contribution in [-0.2, 0) is 11.2 Å². The highest BCUT2D eigenvalue weighted by Crippen LogP contribution is 2.34. The summed E-state index contributed by atoms with van der Waals surface area (Å²) in [6.07, 6.45) is 1.99. The van der Waals surface area contributed by atoms with Crippen LogP contribution < -0.4 is 0 Å². The maximum Gasteiger partial charge on any atom is 0.259 e. The first kappa shape index (κ1) is 18.2. The third-order valence-corrected chi connectivity index (χ3v) is 6.89. The first-order valence-electron chi connectivity index (χ1n) is 9.33. The van der Waals surface area contributed by atoms with Crippen molar-refractivity contribution < 1.29 is 14.1 Å². The summed E-state index contributed by atoms with van der Waals surface area (Å²) in [6.45, 7) is 8.95. The van der Waals surface area contributed by atoms with Gasteiger partial charge in [-0.05, 0) is 34.1 Å². The molecule has 144 valence electrons. The quantitative estimate of drug-likeness (QED) is 0.804. The molecule has 0 unspecified atom stereocenters. The molecule has 0 radical (unpaired) electrons. The predicted molar refractivity (Wildman–Crippen MR) is 101 cm³/mol. The molecule has 2 atom stereocenters. The van der Waals surface area contributed by atoms with Crippen molar-refractivity contribution in [1.29, 1.82) is 0 Å². The van der Waals surface area contributed by atoms with E-state index in [2.05, 4.69) is 17.1 Å². The highest BCUT2D eigenvalue weighted by molar-refractivity contribution is 7.11. The Morgan fingerprint density at radius 3 is 2.63 bits per heavy atom. The molecule has 4 rings (SSSR count). The van der Waals surface area contributed by atoms with Crippen LogP contribution in [0.25, 0.3) is 0 Å². The van der Waals surface area contributed by atoms with E-state index in [0.717, 1.165) is 23.5 Å². The summed E-state index contributed by atoms with van der Waals surface area (Å²) in [4.78, 5) is 35.2.